The van der Waals surface area contributed by atoms with Crippen molar-refractivity contribution in [3.05, 3.63) is 90.0 Å². The van der Waals surface area contributed by atoms with E-state index in [0.717, 1.165) is 11.3 Å². The molecule has 0 bridgehead atoms. The van der Waals surface area contributed by atoms with Crippen molar-refractivity contribution in [2.75, 3.05) is 0 Å². The lowest BCUT2D eigenvalue weighted by Crippen LogP contribution is -2.05. The minimum atomic E-state index is -0.557. The van der Waals surface area contributed by atoms with Crippen LogP contribution in [-0.4, -0.2) is 30.5 Å². The fraction of sp³-hybridized carbons (Fsp3) is 0. The summed E-state index contributed by atoms with van der Waals surface area (Å²) < 4.78 is 15.6. The van der Waals surface area contributed by atoms with E-state index in [1.165, 1.54) is 35.2 Å². The second-order valence-corrected chi connectivity index (χ2v) is 7.79. The number of hydrogen-bond acceptors (Lipinski definition) is 6. The molecule has 3 heterocycles. The Kier molecular flexibility index (Phi) is 4.48. The minimum absolute atomic E-state index is 0.0675. The van der Waals surface area contributed by atoms with Crippen LogP contribution in [0.1, 0.15) is 15.9 Å². The van der Waals surface area contributed by atoms with Crippen LogP contribution in [-0.2, 0) is 0 Å². The quantitative estimate of drug-likeness (QED) is 0.394. The Morgan fingerprint density at radius 1 is 1.03 bits per heavy atom. The highest BCUT2D eigenvalue weighted by Crippen LogP contribution is 2.45. The van der Waals surface area contributed by atoms with E-state index in [1.807, 2.05) is 6.07 Å². The Morgan fingerprint density at radius 3 is 2.58 bits per heavy atom. The maximum Gasteiger partial charge on any atom is 0.242 e. The number of aromatic nitrogens is 3. The number of ketones is 1. The smallest absolute Gasteiger partial charge is 0.242 e. The van der Waals surface area contributed by atoms with Crippen LogP contribution in [0.15, 0.2) is 73.1 Å². The summed E-state index contributed by atoms with van der Waals surface area (Å²) in [5, 5.41) is 21.9. The van der Waals surface area contributed by atoms with Gasteiger partial charge in [0.25, 0.3) is 0 Å². The molecule has 0 aliphatic heterocycles. The molecule has 0 amide bonds. The number of pyridine rings is 1. The van der Waals surface area contributed by atoms with Gasteiger partial charge in [0.05, 0.1) is 21.5 Å². The average molecular weight is 431 g/mol. The lowest BCUT2D eigenvalue weighted by molar-refractivity contribution is 0.103. The van der Waals surface area contributed by atoms with Gasteiger partial charge in [-0.05, 0) is 35.9 Å². The molecule has 0 saturated carbocycles. The van der Waals surface area contributed by atoms with E-state index in [1.54, 1.807) is 36.4 Å². The van der Waals surface area contributed by atoms with Gasteiger partial charge in [-0.25, -0.2) is 9.37 Å². The number of carbonyl (C=O) groups excluding carboxylic acids is 1. The van der Waals surface area contributed by atoms with Crippen molar-refractivity contribution in [1.29, 1.82) is 0 Å². The van der Waals surface area contributed by atoms with Crippen LogP contribution in [0.5, 0.6) is 11.6 Å². The molecule has 31 heavy (non-hydrogen) atoms. The van der Waals surface area contributed by atoms with Crippen LogP contribution in [0, 0.1) is 5.82 Å². The van der Waals surface area contributed by atoms with Crippen LogP contribution in [0.2, 0.25) is 0 Å². The standard InChI is InChI=1S/C23H14FN3O3S/c24-15-8-9-16-17(11-15)31-23(26-16)27-19(13-5-2-1-3-6-13)18(21(29)22(27)30)20(28)14-7-4-10-25-12-14/h1-12,29-30H. The highest BCUT2D eigenvalue weighted by atomic mass is 32.1. The number of aromatic hydroxyl groups is 2. The molecule has 0 unspecified atom stereocenters. The summed E-state index contributed by atoms with van der Waals surface area (Å²) in [7, 11) is 0. The van der Waals surface area contributed by atoms with Gasteiger partial charge in [0, 0.05) is 18.0 Å². The third kappa shape index (κ3) is 3.13. The predicted octanol–water partition coefficient (Wildman–Crippen LogP) is 4.93. The van der Waals surface area contributed by atoms with Crippen LogP contribution in [0.3, 0.4) is 0 Å². The lowest BCUT2D eigenvalue weighted by Gasteiger charge is -2.09. The second-order valence-electron chi connectivity index (χ2n) is 6.78. The molecule has 0 aliphatic rings. The first-order chi connectivity index (χ1) is 15.0. The molecule has 2 aromatic carbocycles. The second kappa shape index (κ2) is 7.33. The van der Waals surface area contributed by atoms with Gasteiger partial charge < -0.3 is 10.2 Å². The fourth-order valence-corrected chi connectivity index (χ4v) is 4.44. The molecule has 2 N–H and O–H groups in total. The van der Waals surface area contributed by atoms with E-state index >= 15 is 0 Å². The van der Waals surface area contributed by atoms with E-state index in [-0.39, 0.29) is 22.0 Å². The molecule has 6 nitrogen and oxygen atoms in total. The molecule has 3 aromatic heterocycles. The molecular formula is C23H14FN3O3S. The maximum atomic E-state index is 13.7. The molecule has 0 radical (unpaired) electrons. The van der Waals surface area contributed by atoms with E-state index in [9.17, 15) is 19.4 Å². The zero-order valence-corrected chi connectivity index (χ0v) is 16.7. The molecule has 152 valence electrons. The van der Waals surface area contributed by atoms with Gasteiger partial charge in [-0.15, -0.1) is 0 Å². The first kappa shape index (κ1) is 19.0. The van der Waals surface area contributed by atoms with Gasteiger partial charge in [0.15, 0.2) is 10.9 Å². The van der Waals surface area contributed by atoms with Crippen molar-refractivity contribution in [2.45, 2.75) is 0 Å². The SMILES string of the molecule is O=C(c1cccnc1)c1c(O)c(O)n(-c2nc3ccc(F)cc3s2)c1-c1ccccc1. The zero-order valence-electron chi connectivity index (χ0n) is 15.9. The van der Waals surface area contributed by atoms with Gasteiger partial charge in [0.1, 0.15) is 5.82 Å². The summed E-state index contributed by atoms with van der Waals surface area (Å²) in [5.74, 6) is -1.98. The first-order valence-corrected chi connectivity index (χ1v) is 10.1. The van der Waals surface area contributed by atoms with E-state index in [2.05, 4.69) is 9.97 Å². The van der Waals surface area contributed by atoms with Gasteiger partial charge in [-0.2, -0.15) is 0 Å². The summed E-state index contributed by atoms with van der Waals surface area (Å²) in [4.78, 5) is 21.7. The number of rotatable bonds is 4. The number of benzene rings is 2. The molecule has 0 atom stereocenters. The Morgan fingerprint density at radius 2 is 1.84 bits per heavy atom. The van der Waals surface area contributed by atoms with Crippen molar-refractivity contribution in [1.82, 2.24) is 14.5 Å². The largest absolute Gasteiger partial charge is 0.503 e. The summed E-state index contributed by atoms with van der Waals surface area (Å²) in [6.07, 6.45) is 2.93. The summed E-state index contributed by atoms with van der Waals surface area (Å²) in [6.45, 7) is 0. The van der Waals surface area contributed by atoms with Gasteiger partial charge in [0.2, 0.25) is 11.7 Å². The number of fused-ring (bicyclic) bond motifs is 1. The van der Waals surface area contributed by atoms with Crippen molar-refractivity contribution in [2.24, 2.45) is 0 Å². The topological polar surface area (TPSA) is 88.2 Å². The fourth-order valence-electron chi connectivity index (χ4n) is 3.44. The molecule has 0 spiro atoms. The number of thiazole rings is 1. The van der Waals surface area contributed by atoms with Crippen molar-refractivity contribution in [3.8, 4) is 28.0 Å². The summed E-state index contributed by atoms with van der Waals surface area (Å²) >= 11 is 1.13. The van der Waals surface area contributed by atoms with E-state index in [4.69, 9.17) is 0 Å². The Bertz CT molecular complexity index is 1430. The molecular weight excluding hydrogens is 417 g/mol. The van der Waals surface area contributed by atoms with Crippen molar-refractivity contribution in [3.63, 3.8) is 0 Å². The monoisotopic (exact) mass is 431 g/mol. The average Bonchev–Trinajstić information content (AvgIpc) is 3.32. The van der Waals surface area contributed by atoms with Gasteiger partial charge in [-0.1, -0.05) is 41.7 Å². The maximum absolute atomic E-state index is 13.7. The molecule has 0 aliphatic carbocycles. The number of halogens is 1. The summed E-state index contributed by atoms with van der Waals surface area (Å²) in [5.41, 5.74) is 1.61. The van der Waals surface area contributed by atoms with E-state index in [0.29, 0.717) is 15.8 Å². The molecule has 0 saturated heterocycles. The molecule has 5 aromatic rings. The molecule has 0 fully saturated rings. The van der Waals surface area contributed by atoms with Crippen LogP contribution >= 0.6 is 11.3 Å². The zero-order chi connectivity index (χ0) is 21.5. The Labute approximate surface area is 179 Å². The minimum Gasteiger partial charge on any atom is -0.503 e. The van der Waals surface area contributed by atoms with Crippen molar-refractivity contribution >= 4 is 27.3 Å². The number of carbonyl (C=O) groups is 1. The van der Waals surface area contributed by atoms with Crippen LogP contribution in [0.25, 0.3) is 26.6 Å². The number of nitrogens with zero attached hydrogens (tertiary/aromatic N) is 3. The lowest BCUT2D eigenvalue weighted by atomic mass is 10.0. The van der Waals surface area contributed by atoms with Gasteiger partial charge >= 0.3 is 0 Å². The van der Waals surface area contributed by atoms with Crippen LogP contribution in [0.4, 0.5) is 4.39 Å². The van der Waals surface area contributed by atoms with Crippen LogP contribution < -0.4 is 0 Å². The van der Waals surface area contributed by atoms with E-state index < -0.39 is 23.2 Å². The third-order valence-electron chi connectivity index (χ3n) is 4.85. The first-order valence-electron chi connectivity index (χ1n) is 9.28. The summed E-state index contributed by atoms with van der Waals surface area (Å²) in [6, 6.07) is 16.3. The van der Waals surface area contributed by atoms with Crippen molar-refractivity contribution < 1.29 is 19.4 Å². The highest BCUT2D eigenvalue weighted by molar-refractivity contribution is 7.20. The third-order valence-corrected chi connectivity index (χ3v) is 5.85. The Hall–Kier alpha value is -4.04. The van der Waals surface area contributed by atoms with Gasteiger partial charge in [-0.3, -0.25) is 14.3 Å². The molecule has 5 rings (SSSR count). The molecule has 8 heteroatoms. The normalized spacial score (nSPS) is 11.1. The predicted molar refractivity (Wildman–Crippen MR) is 115 cm³/mol. The number of hydrogen-bond donors (Lipinski definition) is 2. The highest BCUT2D eigenvalue weighted by Gasteiger charge is 2.31. The Balaban J connectivity index is 1.81.